The second-order valence-corrected chi connectivity index (χ2v) is 8.73. The molecule has 0 spiro atoms. The third-order valence-corrected chi connectivity index (χ3v) is 6.64. The van der Waals surface area contributed by atoms with Crippen molar-refractivity contribution in [2.75, 3.05) is 6.61 Å². The minimum absolute atomic E-state index is 0.0207. The number of ether oxygens (including phenoxy) is 1. The molecule has 0 saturated heterocycles. The molecule has 5 rings (SSSR count). The average molecular weight is 431 g/mol. The second-order valence-electron chi connectivity index (χ2n) is 6.96. The largest absolute Gasteiger partial charge is 0.494 e. The van der Waals surface area contributed by atoms with Crippen LogP contribution >= 0.6 is 22.7 Å². The molecule has 0 atom stereocenters. The van der Waals surface area contributed by atoms with Crippen molar-refractivity contribution in [2.24, 2.45) is 0 Å². The van der Waals surface area contributed by atoms with E-state index in [2.05, 4.69) is 34.2 Å². The Morgan fingerprint density at radius 3 is 2.27 bits per heavy atom. The molecule has 4 aromatic rings. The lowest BCUT2D eigenvalue weighted by Crippen LogP contribution is -2.02. The number of allylic oxidation sites excluding steroid dienone is 1. The molecule has 0 N–H and O–H groups in total. The number of thiazole rings is 2. The summed E-state index contributed by atoms with van der Waals surface area (Å²) in [7, 11) is 0. The minimum Gasteiger partial charge on any atom is -0.494 e. The predicted octanol–water partition coefficient (Wildman–Crippen LogP) is 5.77. The number of ketones is 1. The number of Topliss-reactive ketones (excluding diaryl/α,β-unsaturated/α-hetero) is 1. The molecule has 30 heavy (non-hydrogen) atoms. The summed E-state index contributed by atoms with van der Waals surface area (Å²) in [6, 6.07) is 16.2. The molecule has 1 aliphatic rings. The fourth-order valence-corrected chi connectivity index (χ4v) is 5.04. The molecule has 0 bridgehead atoms. The lowest BCUT2D eigenvalue weighted by Gasteiger charge is -2.09. The maximum absolute atomic E-state index is 13.3. The molecule has 0 saturated carbocycles. The fourth-order valence-electron chi connectivity index (χ4n) is 3.68. The molecule has 0 fully saturated rings. The molecule has 4 nitrogen and oxygen atoms in total. The van der Waals surface area contributed by atoms with Gasteiger partial charge in [-0.15, -0.1) is 22.7 Å². The third kappa shape index (κ3) is 3.60. The Bertz CT molecular complexity index is 1200. The van der Waals surface area contributed by atoms with Crippen LogP contribution in [0.4, 0.5) is 0 Å². The Hall–Kier alpha value is -3.09. The van der Waals surface area contributed by atoms with Gasteiger partial charge < -0.3 is 4.74 Å². The van der Waals surface area contributed by atoms with Gasteiger partial charge in [-0.05, 0) is 42.2 Å². The van der Waals surface area contributed by atoms with E-state index < -0.39 is 0 Å². The van der Waals surface area contributed by atoms with E-state index >= 15 is 0 Å². The highest BCUT2D eigenvalue weighted by Crippen LogP contribution is 2.44. The number of rotatable bonds is 7. The Morgan fingerprint density at radius 1 is 0.833 bits per heavy atom. The van der Waals surface area contributed by atoms with Gasteiger partial charge in [0.05, 0.1) is 33.0 Å². The third-order valence-electron chi connectivity index (χ3n) is 5.06. The van der Waals surface area contributed by atoms with Gasteiger partial charge in [0.1, 0.15) is 5.75 Å². The Morgan fingerprint density at radius 2 is 1.57 bits per heavy atom. The number of aromatic nitrogens is 2. The van der Waals surface area contributed by atoms with Gasteiger partial charge in [-0.1, -0.05) is 30.3 Å². The highest BCUT2D eigenvalue weighted by Gasteiger charge is 2.33. The Labute approximate surface area is 182 Å². The van der Waals surface area contributed by atoms with Crippen LogP contribution in [-0.4, -0.2) is 22.4 Å². The Balaban J connectivity index is 1.38. The molecular formula is C24H18N2O2S2. The second kappa shape index (κ2) is 8.34. The molecule has 0 aliphatic heterocycles. The first-order chi connectivity index (χ1) is 14.8. The first-order valence-electron chi connectivity index (χ1n) is 9.69. The van der Waals surface area contributed by atoms with E-state index in [9.17, 15) is 4.79 Å². The molecule has 2 heterocycles. The molecule has 0 unspecified atom stereocenters. The molecular weight excluding hydrogens is 412 g/mol. The molecule has 148 valence electrons. The van der Waals surface area contributed by atoms with Gasteiger partial charge in [0.15, 0.2) is 5.78 Å². The molecule has 0 amide bonds. The normalized spacial score (nSPS) is 13.0. The van der Waals surface area contributed by atoms with E-state index in [0.29, 0.717) is 17.7 Å². The van der Waals surface area contributed by atoms with Crippen molar-refractivity contribution >= 4 is 39.6 Å². The summed E-state index contributed by atoms with van der Waals surface area (Å²) in [6.45, 7) is 0.610. The zero-order valence-corrected chi connectivity index (χ0v) is 17.7. The summed E-state index contributed by atoms with van der Waals surface area (Å²) in [6.07, 6.45) is 5.46. The molecule has 2 aromatic carbocycles. The maximum Gasteiger partial charge on any atom is 0.195 e. The van der Waals surface area contributed by atoms with E-state index in [4.69, 9.17) is 4.74 Å². The fraction of sp³-hybridized carbons (Fsp3) is 0.125. The van der Waals surface area contributed by atoms with Gasteiger partial charge in [0.25, 0.3) is 0 Å². The van der Waals surface area contributed by atoms with Crippen LogP contribution in [0.5, 0.6) is 5.75 Å². The van der Waals surface area contributed by atoms with Crippen molar-refractivity contribution in [3.63, 3.8) is 0 Å². The minimum atomic E-state index is 0.0207. The van der Waals surface area contributed by atoms with E-state index in [1.807, 2.05) is 30.5 Å². The SMILES string of the molecule is O=C1C(c2cncs2)=C(c2cncs2)c2ccc(OCCCc3ccccc3)cc21. The number of hydrogen-bond donors (Lipinski definition) is 0. The summed E-state index contributed by atoms with van der Waals surface area (Å²) < 4.78 is 5.96. The van der Waals surface area contributed by atoms with Gasteiger partial charge in [-0.25, -0.2) is 0 Å². The van der Waals surface area contributed by atoms with Crippen LogP contribution in [-0.2, 0) is 6.42 Å². The van der Waals surface area contributed by atoms with E-state index in [1.165, 1.54) is 28.2 Å². The number of hydrogen-bond acceptors (Lipinski definition) is 6. The van der Waals surface area contributed by atoms with Gasteiger partial charge >= 0.3 is 0 Å². The van der Waals surface area contributed by atoms with Crippen LogP contribution < -0.4 is 4.74 Å². The van der Waals surface area contributed by atoms with Crippen molar-refractivity contribution in [3.05, 3.63) is 98.4 Å². The van der Waals surface area contributed by atoms with E-state index in [-0.39, 0.29) is 5.78 Å². The number of benzene rings is 2. The van der Waals surface area contributed by atoms with Crippen LogP contribution in [0, 0.1) is 0 Å². The van der Waals surface area contributed by atoms with Crippen molar-refractivity contribution in [1.29, 1.82) is 0 Å². The zero-order chi connectivity index (χ0) is 20.3. The summed E-state index contributed by atoms with van der Waals surface area (Å²) in [5.41, 5.74) is 8.11. The van der Waals surface area contributed by atoms with Crippen LogP contribution in [0.25, 0.3) is 11.1 Å². The zero-order valence-electron chi connectivity index (χ0n) is 16.1. The Kier molecular flexibility index (Phi) is 5.26. The number of fused-ring (bicyclic) bond motifs is 1. The molecule has 1 aliphatic carbocycles. The molecule has 6 heteroatoms. The van der Waals surface area contributed by atoms with Crippen LogP contribution in [0.15, 0.2) is 71.9 Å². The molecule has 0 radical (unpaired) electrons. The topological polar surface area (TPSA) is 52.1 Å². The first kappa shape index (κ1) is 18.9. The predicted molar refractivity (Wildman–Crippen MR) is 121 cm³/mol. The first-order valence-corrected chi connectivity index (χ1v) is 11.4. The highest BCUT2D eigenvalue weighted by atomic mass is 32.1. The van der Waals surface area contributed by atoms with Crippen molar-refractivity contribution in [3.8, 4) is 5.75 Å². The van der Waals surface area contributed by atoms with Gasteiger partial charge in [0.2, 0.25) is 0 Å². The highest BCUT2D eigenvalue weighted by molar-refractivity contribution is 7.12. The number of carbonyl (C=O) groups is 1. The smallest absolute Gasteiger partial charge is 0.195 e. The maximum atomic E-state index is 13.3. The number of nitrogens with zero attached hydrogens (tertiary/aromatic N) is 2. The number of aryl methyl sites for hydroxylation is 1. The lowest BCUT2D eigenvalue weighted by atomic mass is 10.0. The van der Waals surface area contributed by atoms with E-state index in [0.717, 1.165) is 39.5 Å². The summed E-state index contributed by atoms with van der Waals surface area (Å²) in [4.78, 5) is 23.6. The van der Waals surface area contributed by atoms with E-state index in [1.54, 1.807) is 17.2 Å². The monoisotopic (exact) mass is 430 g/mol. The van der Waals surface area contributed by atoms with Crippen LogP contribution in [0.1, 0.15) is 37.7 Å². The molecule has 2 aromatic heterocycles. The standard InChI is InChI=1S/C24H18N2O2S2/c27-24-19-11-17(28-10-4-7-16-5-2-1-3-6-16)8-9-18(19)22(20-12-25-14-29-20)23(24)21-13-26-15-30-21/h1-3,5-6,8-9,11-15H,4,7,10H2. The lowest BCUT2D eigenvalue weighted by molar-refractivity contribution is 0.105. The van der Waals surface area contributed by atoms with Gasteiger partial charge in [-0.2, -0.15) is 0 Å². The van der Waals surface area contributed by atoms with Crippen molar-refractivity contribution in [2.45, 2.75) is 12.8 Å². The van der Waals surface area contributed by atoms with Gasteiger partial charge in [0, 0.05) is 23.5 Å². The van der Waals surface area contributed by atoms with Crippen molar-refractivity contribution < 1.29 is 9.53 Å². The average Bonchev–Trinajstić information content (AvgIpc) is 3.53. The van der Waals surface area contributed by atoms with Crippen LogP contribution in [0.2, 0.25) is 0 Å². The summed E-state index contributed by atoms with van der Waals surface area (Å²) >= 11 is 3.02. The number of carbonyl (C=O) groups excluding carboxylic acids is 1. The van der Waals surface area contributed by atoms with Crippen molar-refractivity contribution in [1.82, 2.24) is 9.97 Å². The summed E-state index contributed by atoms with van der Waals surface area (Å²) in [5.74, 6) is 0.747. The quantitative estimate of drug-likeness (QED) is 0.350. The summed E-state index contributed by atoms with van der Waals surface area (Å²) in [5, 5.41) is 0. The van der Waals surface area contributed by atoms with Gasteiger partial charge in [-0.3, -0.25) is 14.8 Å². The van der Waals surface area contributed by atoms with Crippen LogP contribution in [0.3, 0.4) is 0 Å².